The smallest absolute Gasteiger partial charge is 1.00 e. The Morgan fingerprint density at radius 1 is 0.926 bits per heavy atom. The summed E-state index contributed by atoms with van der Waals surface area (Å²) in [5, 5.41) is 0. The van der Waals surface area contributed by atoms with Gasteiger partial charge < -0.3 is 34.8 Å². The Balaban J connectivity index is -0.000000174. The van der Waals surface area contributed by atoms with Crippen LogP contribution < -0.4 is 53.4 Å². The number of benzene rings is 2. The van der Waals surface area contributed by atoms with Crippen LogP contribution in [0.25, 0.3) is 0 Å². The monoisotopic (exact) mass is 418 g/mol. The van der Waals surface area contributed by atoms with Crippen LogP contribution in [0.1, 0.15) is 48.2 Å². The summed E-state index contributed by atoms with van der Waals surface area (Å²) < 4.78 is 37.1. The minimum Gasteiger partial charge on any atom is -1.00 e. The number of halogens is 4. The van der Waals surface area contributed by atoms with E-state index in [0.29, 0.717) is 6.04 Å². The van der Waals surface area contributed by atoms with Crippen LogP contribution in [0, 0.1) is 6.92 Å². The zero-order chi connectivity index (χ0) is 17.6. The van der Waals surface area contributed by atoms with Gasteiger partial charge in [0.1, 0.15) is 6.04 Å². The van der Waals surface area contributed by atoms with Crippen LogP contribution in [0.2, 0.25) is 0 Å². The maximum Gasteiger partial charge on any atom is 1.00 e. The molecule has 2 aromatic rings. The van der Waals surface area contributed by atoms with Gasteiger partial charge in [-0.25, -0.2) is 0 Å². The van der Waals surface area contributed by atoms with Gasteiger partial charge in [-0.2, -0.15) is 13.2 Å². The van der Waals surface area contributed by atoms with E-state index in [1.807, 2.05) is 0 Å². The van der Waals surface area contributed by atoms with E-state index >= 15 is 0 Å². The molecule has 0 radical (unpaired) electrons. The van der Waals surface area contributed by atoms with Crippen LogP contribution in [0.3, 0.4) is 0 Å². The Morgan fingerprint density at radius 2 is 1.33 bits per heavy atom. The van der Waals surface area contributed by atoms with E-state index in [9.17, 15) is 13.2 Å². The second-order valence-electron chi connectivity index (χ2n) is 5.63. The molecule has 0 saturated carbocycles. The maximum atomic E-state index is 12.4. The van der Waals surface area contributed by atoms with Crippen molar-refractivity contribution in [3.63, 3.8) is 0 Å². The van der Waals surface area contributed by atoms with Gasteiger partial charge in [-0.05, 0) is 38.0 Å². The Labute approximate surface area is 186 Å². The van der Waals surface area contributed by atoms with Crippen LogP contribution in [-0.4, -0.2) is 11.0 Å². The van der Waals surface area contributed by atoms with Gasteiger partial charge in [-0.15, -0.1) is 0 Å². The first-order chi connectivity index (χ1) is 10.6. The number of rotatable bonds is 2. The van der Waals surface area contributed by atoms with E-state index in [4.69, 9.17) is 5.73 Å². The third-order valence-electron chi connectivity index (χ3n) is 3.48. The molecule has 0 aliphatic rings. The predicted octanol–water partition coefficient (Wildman–Crippen LogP) is -2.97. The fourth-order valence-corrected chi connectivity index (χ4v) is 2.29. The third-order valence-corrected chi connectivity index (χ3v) is 3.48. The first-order valence-corrected chi connectivity index (χ1v) is 7.45. The Kier molecular flexibility index (Phi) is 19.2. The van der Waals surface area contributed by atoms with Gasteiger partial charge in [0.15, 0.2) is 0 Å². The molecule has 8 N–H and O–H groups in total. The molecule has 0 saturated heterocycles. The molecule has 0 heterocycles. The molecule has 4 nitrogen and oxygen atoms in total. The average Bonchev–Trinajstić information content (AvgIpc) is 2.47. The number of aryl methyl sites for hydroxylation is 1. The molecule has 9 heteroatoms. The van der Waals surface area contributed by atoms with Crippen LogP contribution in [0.5, 0.6) is 0 Å². The van der Waals surface area contributed by atoms with Gasteiger partial charge >= 0.3 is 35.7 Å². The van der Waals surface area contributed by atoms with Gasteiger partial charge in [0.05, 0.1) is 5.56 Å². The topological polar surface area (TPSA) is 115 Å². The second-order valence-corrected chi connectivity index (χ2v) is 5.63. The molecule has 27 heavy (non-hydrogen) atoms. The summed E-state index contributed by atoms with van der Waals surface area (Å²) in [5.74, 6) is 0. The van der Waals surface area contributed by atoms with E-state index in [1.165, 1.54) is 30.2 Å². The van der Waals surface area contributed by atoms with Gasteiger partial charge in [0.2, 0.25) is 0 Å². The SMILES string of the molecule is C[C@H](N)c1ccccc1C(F)(F)F.Cc1ccccc1[C@H](C)[NH3+].O.[Cl-].[Na+].[OH-]. The molecule has 0 aromatic heterocycles. The molecule has 0 unspecified atom stereocenters. The quantitative estimate of drug-likeness (QED) is 0.507. The molecule has 0 spiro atoms. The molecular formula is C18H27ClF3N2NaO2. The van der Waals surface area contributed by atoms with E-state index in [2.05, 4.69) is 43.8 Å². The average molecular weight is 419 g/mol. The van der Waals surface area contributed by atoms with Crippen molar-refractivity contribution in [3.8, 4) is 0 Å². The van der Waals surface area contributed by atoms with Crippen molar-refractivity contribution in [3.05, 3.63) is 70.8 Å². The summed E-state index contributed by atoms with van der Waals surface area (Å²) in [5.41, 5.74) is 11.6. The third kappa shape index (κ3) is 11.1. The molecule has 0 bridgehead atoms. The second kappa shape index (κ2) is 15.3. The first kappa shape index (κ1) is 33.9. The van der Waals surface area contributed by atoms with Crippen molar-refractivity contribution in [2.45, 2.75) is 39.0 Å². The summed E-state index contributed by atoms with van der Waals surface area (Å²) >= 11 is 0. The predicted molar refractivity (Wildman–Crippen MR) is 92.1 cm³/mol. The number of hydrogen-bond donors (Lipinski definition) is 2. The summed E-state index contributed by atoms with van der Waals surface area (Å²) in [4.78, 5) is 0. The molecule has 2 aromatic carbocycles. The summed E-state index contributed by atoms with van der Waals surface area (Å²) in [6, 6.07) is 13.5. The van der Waals surface area contributed by atoms with Crippen molar-refractivity contribution < 1.29 is 71.8 Å². The summed E-state index contributed by atoms with van der Waals surface area (Å²) in [6.45, 7) is 5.77. The van der Waals surface area contributed by atoms with Gasteiger partial charge in [0, 0.05) is 11.6 Å². The molecule has 0 amide bonds. The fourth-order valence-electron chi connectivity index (χ4n) is 2.29. The molecule has 2 rings (SSSR count). The van der Waals surface area contributed by atoms with Crippen LogP contribution >= 0.6 is 0 Å². The van der Waals surface area contributed by atoms with E-state index in [-0.39, 0.29) is 58.5 Å². The summed E-state index contributed by atoms with van der Waals surface area (Å²) in [7, 11) is 0. The van der Waals surface area contributed by atoms with Crippen molar-refractivity contribution in [1.29, 1.82) is 0 Å². The molecule has 0 aliphatic carbocycles. The molecule has 0 aliphatic heterocycles. The van der Waals surface area contributed by atoms with Crippen molar-refractivity contribution in [2.75, 3.05) is 0 Å². The maximum absolute atomic E-state index is 12.4. The molecule has 150 valence electrons. The zero-order valence-electron chi connectivity index (χ0n) is 16.0. The number of hydrogen-bond acceptors (Lipinski definition) is 2. The van der Waals surface area contributed by atoms with Crippen molar-refractivity contribution in [2.24, 2.45) is 5.73 Å². The van der Waals surface area contributed by atoms with Crippen molar-refractivity contribution in [1.82, 2.24) is 0 Å². The van der Waals surface area contributed by atoms with Crippen LogP contribution in [-0.2, 0) is 6.18 Å². The Bertz CT molecular complexity index is 642. The normalized spacial score (nSPS) is 11.7. The minimum absolute atomic E-state index is 0. The largest absolute Gasteiger partial charge is 1.00 e. The standard InChI is InChI=1S/C9H10F3N.C9H13N.ClH.Na.2H2O/c1-6(13)7-4-2-3-5-8(7)9(10,11)12;1-7-5-3-4-6-9(7)8(2)10;;;;/h2-6H,13H2,1H3;3-6,8H,10H2,1-2H3;1H;;2*1H2/q;;;+1;;/p-1/t6-;8-;;;;/m00..../s1. The van der Waals surface area contributed by atoms with E-state index in [0.717, 1.165) is 6.07 Å². The van der Waals surface area contributed by atoms with E-state index in [1.54, 1.807) is 6.07 Å². The Morgan fingerprint density at radius 3 is 1.63 bits per heavy atom. The minimum atomic E-state index is -4.32. The van der Waals surface area contributed by atoms with Gasteiger partial charge in [0.25, 0.3) is 0 Å². The Hall–Kier alpha value is -0.640. The molecule has 2 atom stereocenters. The van der Waals surface area contributed by atoms with Crippen LogP contribution in [0.15, 0.2) is 48.5 Å². The zero-order valence-corrected chi connectivity index (χ0v) is 18.8. The number of nitrogens with two attached hydrogens (primary N) is 1. The number of alkyl halides is 3. The van der Waals surface area contributed by atoms with Gasteiger partial charge in [-0.1, -0.05) is 42.5 Å². The summed E-state index contributed by atoms with van der Waals surface area (Å²) in [6.07, 6.45) is -4.32. The van der Waals surface area contributed by atoms with Crippen LogP contribution in [0.4, 0.5) is 13.2 Å². The first-order valence-electron chi connectivity index (χ1n) is 7.45. The van der Waals surface area contributed by atoms with Gasteiger partial charge in [-0.3, -0.25) is 0 Å². The van der Waals surface area contributed by atoms with Crippen molar-refractivity contribution >= 4 is 0 Å². The number of quaternary nitrogens is 1. The fraction of sp³-hybridized carbons (Fsp3) is 0.333. The molecule has 0 fully saturated rings. The molecular weight excluding hydrogens is 392 g/mol. The van der Waals surface area contributed by atoms with E-state index < -0.39 is 17.8 Å².